The highest BCUT2D eigenvalue weighted by atomic mass is 35.5. The number of nitrogens with one attached hydrogen (secondary N) is 3. The van der Waals surface area contributed by atoms with Crippen molar-refractivity contribution in [3.8, 4) is 0 Å². The fourth-order valence-corrected chi connectivity index (χ4v) is 3.28. The number of hydrogen-bond acceptors (Lipinski definition) is 1. The number of benzene rings is 3. The number of halogens is 3. The summed E-state index contributed by atoms with van der Waals surface area (Å²) in [7, 11) is 0. The molecule has 0 spiro atoms. The average molecular weight is 391 g/mol. The van der Waals surface area contributed by atoms with Crippen LogP contribution in [0.2, 0.25) is 10.0 Å². The Labute approximate surface area is 161 Å². The van der Waals surface area contributed by atoms with Gasteiger partial charge in [0, 0.05) is 11.1 Å². The molecule has 3 aromatic carbocycles. The largest absolute Gasteiger partial charge is 0.326 e. The fraction of sp³-hybridized carbons (Fsp3) is 0. The zero-order valence-electron chi connectivity index (χ0n) is 12.9. The summed E-state index contributed by atoms with van der Waals surface area (Å²) in [4.78, 5) is 0. The summed E-state index contributed by atoms with van der Waals surface area (Å²) in [6.45, 7) is 0. The number of anilines is 2. The van der Waals surface area contributed by atoms with E-state index in [-0.39, 0.29) is 18.4 Å². The van der Waals surface area contributed by atoms with Crippen molar-refractivity contribution < 1.29 is 0 Å². The van der Waals surface area contributed by atoms with Crippen molar-refractivity contribution in [2.75, 3.05) is 10.6 Å². The Balaban J connectivity index is 0.00000182. The van der Waals surface area contributed by atoms with Gasteiger partial charge in [0.2, 0.25) is 0 Å². The van der Waals surface area contributed by atoms with Gasteiger partial charge in [-0.1, -0.05) is 65.7 Å². The lowest BCUT2D eigenvalue weighted by molar-refractivity contribution is 1.44. The predicted octanol–water partition coefficient (Wildman–Crippen LogP) is 6.51. The maximum Gasteiger partial charge on any atom is 0.197 e. The molecule has 3 N–H and O–H groups in total. The summed E-state index contributed by atoms with van der Waals surface area (Å²) < 4.78 is 0. The van der Waals surface area contributed by atoms with Crippen LogP contribution in [0.4, 0.5) is 11.4 Å². The maximum absolute atomic E-state index is 8.19. The van der Waals surface area contributed by atoms with Crippen LogP contribution >= 0.6 is 35.6 Å². The first-order chi connectivity index (χ1) is 11.6. The summed E-state index contributed by atoms with van der Waals surface area (Å²) in [5, 5.41) is 17.4. The van der Waals surface area contributed by atoms with Crippen LogP contribution in [0.25, 0.3) is 22.9 Å². The van der Waals surface area contributed by atoms with E-state index in [0.717, 1.165) is 11.1 Å². The van der Waals surface area contributed by atoms with Crippen molar-refractivity contribution in [1.82, 2.24) is 0 Å². The van der Waals surface area contributed by atoms with Crippen molar-refractivity contribution in [3.63, 3.8) is 0 Å². The van der Waals surface area contributed by atoms with Crippen molar-refractivity contribution in [1.29, 1.82) is 5.41 Å². The zero-order chi connectivity index (χ0) is 16.7. The van der Waals surface area contributed by atoms with Gasteiger partial charge >= 0.3 is 0 Å². The molecule has 4 rings (SSSR count). The van der Waals surface area contributed by atoms with Gasteiger partial charge in [-0.15, -0.1) is 12.4 Å². The van der Waals surface area contributed by atoms with Crippen LogP contribution in [-0.2, 0) is 0 Å². The minimum absolute atomic E-state index is 0. The van der Waals surface area contributed by atoms with Crippen LogP contribution in [0.5, 0.6) is 0 Å². The van der Waals surface area contributed by atoms with E-state index in [2.05, 4.69) is 41.0 Å². The van der Waals surface area contributed by atoms with Gasteiger partial charge in [-0.25, -0.2) is 0 Å². The molecule has 0 amide bonds. The Morgan fingerprint density at radius 1 is 0.800 bits per heavy atom. The highest BCUT2D eigenvalue weighted by molar-refractivity contribution is 6.44. The summed E-state index contributed by atoms with van der Waals surface area (Å²) in [6, 6.07) is 15.5. The molecule has 3 nitrogen and oxygen atoms in total. The molecule has 0 atom stereocenters. The molecule has 0 unspecified atom stereocenters. The Morgan fingerprint density at radius 2 is 1.48 bits per heavy atom. The minimum Gasteiger partial charge on any atom is -0.326 e. The first kappa shape index (κ1) is 17.6. The molecule has 0 fully saturated rings. The van der Waals surface area contributed by atoms with Gasteiger partial charge in [0.25, 0.3) is 0 Å². The topological polar surface area (TPSA) is 47.9 Å². The van der Waals surface area contributed by atoms with Crippen LogP contribution in [0.1, 0.15) is 11.1 Å². The molecule has 25 heavy (non-hydrogen) atoms. The molecule has 6 heteroatoms. The third kappa shape index (κ3) is 3.19. The van der Waals surface area contributed by atoms with Crippen molar-refractivity contribution >= 4 is 75.9 Å². The smallest absolute Gasteiger partial charge is 0.197 e. The normalized spacial score (nSPS) is 11.3. The fourth-order valence-electron chi connectivity index (χ4n) is 2.93. The zero-order valence-corrected chi connectivity index (χ0v) is 15.3. The lowest BCUT2D eigenvalue weighted by atomic mass is 10.0. The van der Waals surface area contributed by atoms with E-state index in [1.807, 2.05) is 12.1 Å². The van der Waals surface area contributed by atoms with Gasteiger partial charge in [0.05, 0.1) is 15.7 Å². The van der Waals surface area contributed by atoms with Crippen LogP contribution in [0.15, 0.2) is 48.5 Å². The summed E-state index contributed by atoms with van der Waals surface area (Å²) in [5.74, 6) is 0.130. The second-order valence-corrected chi connectivity index (χ2v) is 6.32. The highest BCUT2D eigenvalue weighted by Gasteiger charge is 2.13. The highest BCUT2D eigenvalue weighted by Crippen LogP contribution is 2.35. The second kappa shape index (κ2) is 6.96. The molecule has 0 aliphatic heterocycles. The van der Waals surface area contributed by atoms with Gasteiger partial charge in [-0.3, -0.25) is 5.41 Å². The van der Waals surface area contributed by atoms with Crippen molar-refractivity contribution in [2.24, 2.45) is 0 Å². The molecule has 3 aromatic rings. The van der Waals surface area contributed by atoms with E-state index < -0.39 is 0 Å². The van der Waals surface area contributed by atoms with E-state index in [0.29, 0.717) is 15.7 Å². The summed E-state index contributed by atoms with van der Waals surface area (Å²) in [5.41, 5.74) is 3.86. The first-order valence-corrected chi connectivity index (χ1v) is 8.19. The molecule has 0 bridgehead atoms. The third-order valence-electron chi connectivity index (χ3n) is 4.02. The second-order valence-electron chi connectivity index (χ2n) is 5.53. The maximum atomic E-state index is 8.19. The van der Waals surface area contributed by atoms with Gasteiger partial charge < -0.3 is 10.6 Å². The van der Waals surface area contributed by atoms with Gasteiger partial charge in [-0.05, 0) is 34.7 Å². The van der Waals surface area contributed by atoms with Crippen LogP contribution in [0.3, 0.4) is 0 Å². The van der Waals surface area contributed by atoms with Gasteiger partial charge in [-0.2, -0.15) is 0 Å². The number of guanidine groups is 1. The van der Waals surface area contributed by atoms with Crippen LogP contribution in [-0.4, -0.2) is 5.96 Å². The number of hydrogen-bond donors (Lipinski definition) is 3. The molecule has 0 saturated heterocycles. The van der Waals surface area contributed by atoms with Gasteiger partial charge in [0.1, 0.15) is 0 Å². The molecular formula is C19H14Cl3N3. The van der Waals surface area contributed by atoms with E-state index in [9.17, 15) is 0 Å². The SMILES string of the molecule is Cl.N=C(Nc1cccc(Cl)c1Cl)Nc1ccc2c3c(cccc13)C=C2. The van der Waals surface area contributed by atoms with Gasteiger partial charge in [0.15, 0.2) is 5.96 Å². The van der Waals surface area contributed by atoms with E-state index in [1.54, 1.807) is 18.2 Å². The van der Waals surface area contributed by atoms with Crippen LogP contribution < -0.4 is 10.6 Å². The molecule has 1 aliphatic carbocycles. The first-order valence-electron chi connectivity index (χ1n) is 7.44. The van der Waals surface area contributed by atoms with E-state index in [4.69, 9.17) is 28.6 Å². The number of rotatable bonds is 2. The Morgan fingerprint density at radius 3 is 2.28 bits per heavy atom. The van der Waals surface area contributed by atoms with Crippen LogP contribution in [0, 0.1) is 5.41 Å². The summed E-state index contributed by atoms with van der Waals surface area (Å²) in [6.07, 6.45) is 4.22. The molecule has 0 aromatic heterocycles. The Bertz CT molecular complexity index is 1000. The summed E-state index contributed by atoms with van der Waals surface area (Å²) >= 11 is 12.2. The Kier molecular flexibility index (Phi) is 4.91. The third-order valence-corrected chi connectivity index (χ3v) is 4.84. The standard InChI is InChI=1S/C19H13Cl2N3.ClH/c20-14-5-2-6-16(18(14)21)24-19(22)23-15-10-9-12-8-7-11-3-1-4-13(15)17(11)12;/h1-10H,(H3,22,23,24);1H. The predicted molar refractivity (Wildman–Crippen MR) is 112 cm³/mol. The molecular weight excluding hydrogens is 377 g/mol. The van der Waals surface area contributed by atoms with Crippen molar-refractivity contribution in [2.45, 2.75) is 0 Å². The molecule has 126 valence electrons. The van der Waals surface area contributed by atoms with E-state index >= 15 is 0 Å². The molecule has 1 aliphatic rings. The molecule has 0 radical (unpaired) electrons. The van der Waals surface area contributed by atoms with Crippen molar-refractivity contribution in [3.05, 3.63) is 69.7 Å². The monoisotopic (exact) mass is 389 g/mol. The minimum atomic E-state index is 0. The molecule has 0 heterocycles. The van der Waals surface area contributed by atoms with E-state index in [1.165, 1.54) is 16.5 Å². The lowest BCUT2D eigenvalue weighted by Crippen LogP contribution is -2.20. The quantitative estimate of drug-likeness (QED) is 0.270. The average Bonchev–Trinajstić information content (AvgIpc) is 2.99. The Hall–Kier alpha value is -2.20. The lowest BCUT2D eigenvalue weighted by Gasteiger charge is -2.14. The molecule has 0 saturated carbocycles.